The topological polar surface area (TPSA) is 87.6 Å². The zero-order valence-corrected chi connectivity index (χ0v) is 18.2. The van der Waals surface area contributed by atoms with Gasteiger partial charge >= 0.3 is 0 Å². The van der Waals surface area contributed by atoms with E-state index in [1.807, 2.05) is 45.0 Å². The van der Waals surface area contributed by atoms with E-state index in [0.717, 1.165) is 22.5 Å². The van der Waals surface area contributed by atoms with Gasteiger partial charge < -0.3 is 10.6 Å². The number of amides is 1. The molecule has 0 aromatic heterocycles. The molecule has 2 aromatic rings. The van der Waals surface area contributed by atoms with Crippen LogP contribution >= 0.6 is 11.8 Å². The second-order valence-electron chi connectivity index (χ2n) is 7.64. The molecule has 1 saturated heterocycles. The molecule has 0 bridgehead atoms. The van der Waals surface area contributed by atoms with Gasteiger partial charge in [0.15, 0.2) is 15.0 Å². The zero-order chi connectivity index (χ0) is 20.8. The van der Waals surface area contributed by atoms with E-state index in [-0.39, 0.29) is 28.7 Å². The summed E-state index contributed by atoms with van der Waals surface area (Å²) >= 11 is 1.47. The summed E-state index contributed by atoms with van der Waals surface area (Å²) in [5.74, 6) is 0.113. The van der Waals surface area contributed by atoms with Crippen LogP contribution in [0.15, 0.2) is 41.4 Å². The molecule has 1 fully saturated rings. The molecule has 0 unspecified atom stereocenters. The molecule has 2 atom stereocenters. The second kappa shape index (κ2) is 7.50. The van der Waals surface area contributed by atoms with Crippen molar-refractivity contribution in [3.8, 4) is 0 Å². The highest BCUT2D eigenvalue weighted by Crippen LogP contribution is 2.35. The first-order valence-corrected chi connectivity index (χ1v) is 12.1. The first-order chi connectivity index (χ1) is 13.7. The normalized spacial score (nSPS) is 22.1. The highest BCUT2D eigenvalue weighted by atomic mass is 32.2. The summed E-state index contributed by atoms with van der Waals surface area (Å²) in [4.78, 5) is 17.2. The minimum atomic E-state index is -2.97. The van der Waals surface area contributed by atoms with Crippen LogP contribution in [-0.4, -0.2) is 42.3 Å². The Labute approximate surface area is 175 Å². The van der Waals surface area contributed by atoms with Gasteiger partial charge in [0.1, 0.15) is 0 Å². The Kier molecular flexibility index (Phi) is 5.16. The van der Waals surface area contributed by atoms with Crippen LogP contribution in [0.2, 0.25) is 0 Å². The predicted octanol–water partition coefficient (Wildman–Crippen LogP) is 3.54. The van der Waals surface area contributed by atoms with Crippen molar-refractivity contribution in [1.82, 2.24) is 0 Å². The van der Waals surface area contributed by atoms with Gasteiger partial charge in [-0.2, -0.15) is 0 Å². The molecule has 29 heavy (non-hydrogen) atoms. The van der Waals surface area contributed by atoms with Crippen LogP contribution < -0.4 is 10.6 Å². The average Bonchev–Trinajstić information content (AvgIpc) is 3.12. The number of sulfone groups is 1. The monoisotopic (exact) mass is 429 g/mol. The number of rotatable bonds is 3. The molecule has 2 aromatic carbocycles. The van der Waals surface area contributed by atoms with E-state index in [2.05, 4.69) is 15.6 Å². The molecule has 0 saturated carbocycles. The van der Waals surface area contributed by atoms with Gasteiger partial charge in [-0.05, 0) is 61.7 Å². The summed E-state index contributed by atoms with van der Waals surface area (Å²) in [6.07, 6.45) is 0. The molecule has 2 N–H and O–H groups in total. The number of hydrogen-bond donors (Lipinski definition) is 2. The lowest BCUT2D eigenvalue weighted by molar-refractivity contribution is 0.102. The van der Waals surface area contributed by atoms with E-state index in [4.69, 9.17) is 0 Å². The largest absolute Gasteiger partial charge is 0.335 e. The van der Waals surface area contributed by atoms with Crippen LogP contribution in [0.4, 0.5) is 11.4 Å². The van der Waals surface area contributed by atoms with E-state index >= 15 is 0 Å². The number of aliphatic imine (C=N–C) groups is 1. The summed E-state index contributed by atoms with van der Waals surface area (Å²) in [7, 11) is -2.97. The Morgan fingerprint density at radius 1 is 1.03 bits per heavy atom. The van der Waals surface area contributed by atoms with Crippen molar-refractivity contribution in [2.45, 2.75) is 32.1 Å². The SMILES string of the molecule is Cc1ccc(NC(=O)c2ccc(C)c(NC3=N[C@@H]4CS(=O)(=O)C[C@@H]4S3)c2)cc1C. The number of benzene rings is 2. The van der Waals surface area contributed by atoms with Crippen molar-refractivity contribution >= 4 is 44.0 Å². The Bertz CT molecular complexity index is 1130. The van der Waals surface area contributed by atoms with Crippen LogP contribution in [0, 0.1) is 20.8 Å². The van der Waals surface area contributed by atoms with E-state index < -0.39 is 9.84 Å². The number of nitrogens with one attached hydrogen (secondary N) is 2. The van der Waals surface area contributed by atoms with Crippen molar-refractivity contribution in [2.24, 2.45) is 4.99 Å². The van der Waals surface area contributed by atoms with E-state index in [1.165, 1.54) is 17.3 Å². The molecule has 152 valence electrons. The smallest absolute Gasteiger partial charge is 0.255 e. The molecular formula is C21H23N3O3S2. The van der Waals surface area contributed by atoms with Crippen molar-refractivity contribution in [3.05, 3.63) is 58.7 Å². The fourth-order valence-corrected chi connectivity index (χ4v) is 7.12. The van der Waals surface area contributed by atoms with Crippen LogP contribution in [0.5, 0.6) is 0 Å². The molecule has 0 radical (unpaired) electrons. The van der Waals surface area contributed by atoms with Crippen molar-refractivity contribution in [1.29, 1.82) is 0 Å². The van der Waals surface area contributed by atoms with Gasteiger partial charge in [-0.15, -0.1) is 0 Å². The van der Waals surface area contributed by atoms with Crippen LogP contribution in [0.1, 0.15) is 27.0 Å². The van der Waals surface area contributed by atoms with Crippen molar-refractivity contribution < 1.29 is 13.2 Å². The Morgan fingerprint density at radius 3 is 2.52 bits per heavy atom. The third kappa shape index (κ3) is 4.33. The number of hydrogen-bond acceptors (Lipinski definition) is 6. The number of carbonyl (C=O) groups excluding carboxylic acids is 1. The number of fused-ring (bicyclic) bond motifs is 1. The van der Waals surface area contributed by atoms with Gasteiger partial charge in [0.25, 0.3) is 5.91 Å². The average molecular weight is 430 g/mol. The molecule has 1 amide bonds. The fraction of sp³-hybridized carbons (Fsp3) is 0.333. The third-order valence-corrected chi connectivity index (χ3v) is 8.47. The Morgan fingerprint density at radius 2 is 1.79 bits per heavy atom. The maximum absolute atomic E-state index is 12.7. The summed E-state index contributed by atoms with van der Waals surface area (Å²) in [5.41, 5.74) is 5.39. The Balaban J connectivity index is 1.49. The van der Waals surface area contributed by atoms with Gasteiger partial charge in [-0.1, -0.05) is 23.9 Å². The van der Waals surface area contributed by atoms with Gasteiger partial charge in [-0.25, -0.2) is 8.42 Å². The highest BCUT2D eigenvalue weighted by Gasteiger charge is 2.42. The van der Waals surface area contributed by atoms with E-state index in [1.54, 1.807) is 12.1 Å². The lowest BCUT2D eigenvalue weighted by atomic mass is 10.1. The summed E-state index contributed by atoms with van der Waals surface area (Å²) in [6.45, 7) is 6.00. The Hall–Kier alpha value is -2.32. The summed E-state index contributed by atoms with van der Waals surface area (Å²) in [5, 5.41) is 6.92. The lowest BCUT2D eigenvalue weighted by Gasteiger charge is -2.12. The number of nitrogens with zero attached hydrogens (tertiary/aromatic N) is 1. The number of amidine groups is 1. The minimum Gasteiger partial charge on any atom is -0.335 e. The zero-order valence-electron chi connectivity index (χ0n) is 16.5. The molecule has 2 aliphatic rings. The molecule has 0 spiro atoms. The van der Waals surface area contributed by atoms with Gasteiger partial charge in [0.05, 0.1) is 17.5 Å². The van der Waals surface area contributed by atoms with Crippen molar-refractivity contribution in [3.63, 3.8) is 0 Å². The standard InChI is InChI=1S/C21H23N3O3S2/c1-12-5-7-16(8-14(12)3)22-20(25)15-6-4-13(2)17(9-15)23-21-24-18-10-29(26,27)11-19(18)28-21/h4-9,18-19H,10-11H2,1-3H3,(H,22,25)(H,23,24)/t18-,19+/m1/s1. The number of aryl methyl sites for hydroxylation is 3. The fourth-order valence-electron chi connectivity index (χ4n) is 3.45. The molecule has 8 heteroatoms. The number of carbonyl (C=O) groups is 1. The first-order valence-electron chi connectivity index (χ1n) is 9.41. The number of thioether (sulfide) groups is 1. The molecule has 6 nitrogen and oxygen atoms in total. The first kappa shape index (κ1) is 20.0. The van der Waals surface area contributed by atoms with Crippen LogP contribution in [0.25, 0.3) is 0 Å². The van der Waals surface area contributed by atoms with E-state index in [9.17, 15) is 13.2 Å². The predicted molar refractivity (Wildman–Crippen MR) is 120 cm³/mol. The van der Waals surface area contributed by atoms with E-state index in [0.29, 0.717) is 10.7 Å². The van der Waals surface area contributed by atoms with Gasteiger partial charge in [-0.3, -0.25) is 9.79 Å². The maximum atomic E-state index is 12.7. The molecular weight excluding hydrogens is 406 g/mol. The van der Waals surface area contributed by atoms with Gasteiger partial charge in [0, 0.05) is 22.2 Å². The lowest BCUT2D eigenvalue weighted by Crippen LogP contribution is -2.14. The molecule has 2 heterocycles. The van der Waals surface area contributed by atoms with Crippen molar-refractivity contribution in [2.75, 3.05) is 22.1 Å². The molecule has 4 rings (SSSR count). The van der Waals surface area contributed by atoms with Crippen LogP contribution in [-0.2, 0) is 9.84 Å². The third-order valence-electron chi connectivity index (χ3n) is 5.32. The minimum absolute atomic E-state index is 0.0148. The van der Waals surface area contributed by atoms with Gasteiger partial charge in [0.2, 0.25) is 0 Å². The quantitative estimate of drug-likeness (QED) is 0.779. The summed E-state index contributed by atoms with van der Waals surface area (Å²) in [6, 6.07) is 11.1. The number of anilines is 2. The molecule has 0 aliphatic carbocycles. The summed E-state index contributed by atoms with van der Waals surface area (Å²) < 4.78 is 23.5. The highest BCUT2D eigenvalue weighted by molar-refractivity contribution is 8.15. The van der Waals surface area contributed by atoms with Crippen LogP contribution in [0.3, 0.4) is 0 Å². The second-order valence-corrected chi connectivity index (χ2v) is 11.0. The molecule has 2 aliphatic heterocycles. The maximum Gasteiger partial charge on any atom is 0.255 e.